The molecule has 1 atom stereocenters. The normalized spacial score (nSPS) is 14.1. The topological polar surface area (TPSA) is 75.0 Å². The number of halogens is 2. The van der Waals surface area contributed by atoms with E-state index in [9.17, 15) is 10.1 Å². The van der Waals surface area contributed by atoms with Gasteiger partial charge in [-0.1, -0.05) is 66.9 Å². The predicted molar refractivity (Wildman–Crippen MR) is 126 cm³/mol. The Bertz CT molecular complexity index is 1220. The molecule has 4 rings (SSSR count). The molecule has 1 heterocycles. The van der Waals surface area contributed by atoms with Crippen molar-refractivity contribution in [2.24, 2.45) is 0 Å². The molecule has 162 valence electrons. The SMILES string of the molecule is CCCCOC(=O)Nc1ncc2c(c1C#N)-c1ccccc1C(c1ccc(Cl)c(Cl)c1)C2. The van der Waals surface area contributed by atoms with Gasteiger partial charge >= 0.3 is 6.09 Å². The van der Waals surface area contributed by atoms with E-state index in [0.29, 0.717) is 28.6 Å². The van der Waals surface area contributed by atoms with Crippen molar-refractivity contribution < 1.29 is 9.53 Å². The summed E-state index contributed by atoms with van der Waals surface area (Å²) in [6, 6.07) is 15.9. The second-order valence-corrected chi connectivity index (χ2v) is 8.44. The fraction of sp³-hybridized carbons (Fsp3) is 0.240. The molecular formula is C25H21Cl2N3O2. The molecule has 0 aliphatic heterocycles. The van der Waals surface area contributed by atoms with Crippen molar-refractivity contribution in [3.63, 3.8) is 0 Å². The Morgan fingerprint density at radius 2 is 2.06 bits per heavy atom. The second-order valence-electron chi connectivity index (χ2n) is 7.63. The standard InChI is InChI=1S/C25H21Cl2N3O2/c1-2-3-10-32-25(31)30-24-20(13-28)23-16(14-29-24)11-19(17-6-4-5-7-18(17)23)15-8-9-21(26)22(27)12-15/h4-9,12,14,19H,2-3,10-11H2,1H3,(H,29,30,31). The van der Waals surface area contributed by atoms with Crippen LogP contribution >= 0.6 is 23.2 Å². The number of nitrogens with zero attached hydrogens (tertiary/aromatic N) is 2. The van der Waals surface area contributed by atoms with Crippen LogP contribution in [0.1, 0.15) is 47.9 Å². The Morgan fingerprint density at radius 1 is 1.25 bits per heavy atom. The number of benzene rings is 2. The van der Waals surface area contributed by atoms with Gasteiger partial charge in [-0.25, -0.2) is 9.78 Å². The highest BCUT2D eigenvalue weighted by molar-refractivity contribution is 6.42. The van der Waals surface area contributed by atoms with Crippen LogP contribution in [0.25, 0.3) is 11.1 Å². The van der Waals surface area contributed by atoms with Gasteiger partial charge in [-0.05, 0) is 47.2 Å². The number of rotatable bonds is 5. The molecule has 7 heteroatoms. The summed E-state index contributed by atoms with van der Waals surface area (Å²) in [7, 11) is 0. The van der Waals surface area contributed by atoms with Gasteiger partial charge in [-0.15, -0.1) is 0 Å². The first-order chi connectivity index (χ1) is 15.5. The summed E-state index contributed by atoms with van der Waals surface area (Å²) in [5.41, 5.74) is 5.11. The van der Waals surface area contributed by atoms with Crippen molar-refractivity contribution in [2.45, 2.75) is 32.1 Å². The number of hydrogen-bond donors (Lipinski definition) is 1. The van der Waals surface area contributed by atoms with E-state index in [0.717, 1.165) is 40.7 Å². The average Bonchev–Trinajstić information content (AvgIpc) is 2.80. The van der Waals surface area contributed by atoms with Crippen molar-refractivity contribution in [3.8, 4) is 17.2 Å². The summed E-state index contributed by atoms with van der Waals surface area (Å²) in [6.45, 7) is 2.34. The molecule has 0 saturated carbocycles. The van der Waals surface area contributed by atoms with E-state index < -0.39 is 6.09 Å². The van der Waals surface area contributed by atoms with Crippen LogP contribution in [0.3, 0.4) is 0 Å². The van der Waals surface area contributed by atoms with Gasteiger partial charge in [0, 0.05) is 17.7 Å². The maximum absolute atomic E-state index is 12.2. The van der Waals surface area contributed by atoms with Gasteiger partial charge in [0.2, 0.25) is 0 Å². The number of carbonyl (C=O) groups excluding carboxylic acids is 1. The molecule has 1 aromatic heterocycles. The van der Waals surface area contributed by atoms with Gasteiger partial charge in [-0.3, -0.25) is 5.32 Å². The van der Waals surface area contributed by atoms with Crippen molar-refractivity contribution in [1.82, 2.24) is 4.98 Å². The van der Waals surface area contributed by atoms with Crippen molar-refractivity contribution in [2.75, 3.05) is 11.9 Å². The molecule has 0 spiro atoms. The van der Waals surface area contributed by atoms with E-state index in [-0.39, 0.29) is 11.7 Å². The molecule has 0 bridgehead atoms. The number of nitriles is 1. The van der Waals surface area contributed by atoms with Crippen LogP contribution < -0.4 is 5.32 Å². The molecule has 1 amide bonds. The summed E-state index contributed by atoms with van der Waals surface area (Å²) in [4.78, 5) is 16.5. The first kappa shape index (κ1) is 22.1. The minimum Gasteiger partial charge on any atom is -0.449 e. The van der Waals surface area contributed by atoms with Crippen LogP contribution in [0.15, 0.2) is 48.7 Å². The second kappa shape index (κ2) is 9.60. The zero-order valence-electron chi connectivity index (χ0n) is 17.5. The lowest BCUT2D eigenvalue weighted by Gasteiger charge is -2.29. The number of carbonyl (C=O) groups is 1. The third-order valence-electron chi connectivity index (χ3n) is 5.60. The van der Waals surface area contributed by atoms with Crippen LogP contribution in [-0.2, 0) is 11.2 Å². The molecule has 1 N–H and O–H groups in total. The quantitative estimate of drug-likeness (QED) is 0.413. The molecule has 3 aromatic rings. The predicted octanol–water partition coefficient (Wildman–Crippen LogP) is 6.96. The fourth-order valence-electron chi connectivity index (χ4n) is 4.04. The number of pyridine rings is 1. The number of amides is 1. The van der Waals surface area contributed by atoms with Crippen molar-refractivity contribution in [1.29, 1.82) is 5.26 Å². The zero-order chi connectivity index (χ0) is 22.7. The molecule has 0 radical (unpaired) electrons. The highest BCUT2D eigenvalue weighted by Gasteiger charge is 2.30. The lowest BCUT2D eigenvalue weighted by Crippen LogP contribution is -2.19. The lowest BCUT2D eigenvalue weighted by atomic mass is 9.75. The zero-order valence-corrected chi connectivity index (χ0v) is 19.0. The summed E-state index contributed by atoms with van der Waals surface area (Å²) in [6.07, 6.45) is 3.45. The van der Waals surface area contributed by atoms with E-state index in [1.54, 1.807) is 12.3 Å². The first-order valence-electron chi connectivity index (χ1n) is 10.4. The van der Waals surface area contributed by atoms with Gasteiger partial charge < -0.3 is 4.74 Å². The largest absolute Gasteiger partial charge is 0.449 e. The van der Waals surface area contributed by atoms with E-state index in [1.807, 2.05) is 37.3 Å². The number of unbranched alkanes of at least 4 members (excludes halogenated alkanes) is 1. The Hall–Kier alpha value is -3.07. The Morgan fingerprint density at radius 3 is 2.81 bits per heavy atom. The monoisotopic (exact) mass is 465 g/mol. The number of fused-ring (bicyclic) bond motifs is 3. The fourth-order valence-corrected chi connectivity index (χ4v) is 4.35. The number of hydrogen-bond acceptors (Lipinski definition) is 4. The minimum absolute atomic E-state index is 0.0413. The van der Waals surface area contributed by atoms with Crippen LogP contribution in [-0.4, -0.2) is 17.7 Å². The molecule has 2 aromatic carbocycles. The van der Waals surface area contributed by atoms with Crippen LogP contribution in [0.5, 0.6) is 0 Å². The molecular weight excluding hydrogens is 445 g/mol. The first-order valence-corrected chi connectivity index (χ1v) is 11.2. The molecule has 1 aliphatic rings. The number of anilines is 1. The van der Waals surface area contributed by atoms with Crippen molar-refractivity contribution in [3.05, 3.63) is 81.0 Å². The van der Waals surface area contributed by atoms with Gasteiger partial charge in [0.25, 0.3) is 0 Å². The van der Waals surface area contributed by atoms with Crippen molar-refractivity contribution >= 4 is 35.1 Å². The molecule has 5 nitrogen and oxygen atoms in total. The lowest BCUT2D eigenvalue weighted by molar-refractivity contribution is 0.160. The van der Waals surface area contributed by atoms with E-state index >= 15 is 0 Å². The third kappa shape index (κ3) is 4.29. The third-order valence-corrected chi connectivity index (χ3v) is 6.34. The van der Waals surface area contributed by atoms with E-state index in [1.165, 1.54) is 0 Å². The maximum atomic E-state index is 12.2. The molecule has 0 saturated heterocycles. The smallest absolute Gasteiger partial charge is 0.412 e. The maximum Gasteiger partial charge on any atom is 0.412 e. The summed E-state index contributed by atoms with van der Waals surface area (Å²) in [5, 5.41) is 13.6. The number of aromatic nitrogens is 1. The van der Waals surface area contributed by atoms with E-state index in [4.69, 9.17) is 27.9 Å². The van der Waals surface area contributed by atoms with Crippen LogP contribution in [0.4, 0.5) is 10.6 Å². The Kier molecular flexibility index (Phi) is 6.64. The minimum atomic E-state index is -0.611. The molecule has 32 heavy (non-hydrogen) atoms. The number of nitrogens with one attached hydrogen (secondary N) is 1. The summed E-state index contributed by atoms with van der Waals surface area (Å²) >= 11 is 12.4. The Balaban J connectivity index is 1.75. The number of ether oxygens (including phenoxy) is 1. The van der Waals surface area contributed by atoms with Gasteiger partial charge in [0.1, 0.15) is 11.6 Å². The Labute approximate surface area is 197 Å². The van der Waals surface area contributed by atoms with Crippen LogP contribution in [0, 0.1) is 11.3 Å². The highest BCUT2D eigenvalue weighted by Crippen LogP contribution is 2.45. The van der Waals surface area contributed by atoms with Crippen LogP contribution in [0.2, 0.25) is 10.0 Å². The van der Waals surface area contributed by atoms with E-state index in [2.05, 4.69) is 22.4 Å². The highest BCUT2D eigenvalue weighted by atomic mass is 35.5. The van der Waals surface area contributed by atoms with Gasteiger partial charge in [0.15, 0.2) is 5.82 Å². The van der Waals surface area contributed by atoms with Gasteiger partial charge in [-0.2, -0.15) is 5.26 Å². The summed E-state index contributed by atoms with van der Waals surface area (Å²) < 4.78 is 5.17. The molecule has 0 fully saturated rings. The summed E-state index contributed by atoms with van der Waals surface area (Å²) in [5.74, 6) is 0.246. The molecule has 1 unspecified atom stereocenters. The average molecular weight is 466 g/mol. The van der Waals surface area contributed by atoms with Gasteiger partial charge in [0.05, 0.1) is 16.7 Å². The molecule has 1 aliphatic carbocycles.